The van der Waals surface area contributed by atoms with Crippen LogP contribution in [-0.4, -0.2) is 59.5 Å². The van der Waals surface area contributed by atoms with Gasteiger partial charge in [-0.3, -0.25) is 9.59 Å². The van der Waals surface area contributed by atoms with Crippen LogP contribution in [0.2, 0.25) is 0 Å². The van der Waals surface area contributed by atoms with Crippen molar-refractivity contribution in [2.45, 2.75) is 69.6 Å². The Bertz CT molecular complexity index is 428. The Balaban J connectivity index is 1.83. The number of hydrogen-bond acceptors (Lipinski definition) is 3. The summed E-state index contributed by atoms with van der Waals surface area (Å²) in [4.78, 5) is 29.3. The molecule has 5 nitrogen and oxygen atoms in total. The van der Waals surface area contributed by atoms with Crippen LogP contribution in [0, 0.1) is 0 Å². The summed E-state index contributed by atoms with van der Waals surface area (Å²) in [6, 6.07) is -0.512. The third-order valence-corrected chi connectivity index (χ3v) is 5.56. The van der Waals surface area contributed by atoms with Crippen molar-refractivity contribution in [2.75, 3.05) is 20.2 Å². The van der Waals surface area contributed by atoms with Crippen molar-refractivity contribution in [3.63, 3.8) is 0 Å². The van der Waals surface area contributed by atoms with Gasteiger partial charge in [0.15, 0.2) is 0 Å². The highest BCUT2D eigenvalue weighted by Gasteiger charge is 2.49. The van der Waals surface area contributed by atoms with Crippen molar-refractivity contribution in [3.05, 3.63) is 0 Å². The predicted octanol–water partition coefficient (Wildman–Crippen LogP) is 1.56. The van der Waals surface area contributed by atoms with E-state index in [9.17, 15) is 9.59 Å². The maximum Gasteiger partial charge on any atom is 0.246 e. The van der Waals surface area contributed by atoms with Crippen molar-refractivity contribution >= 4 is 11.8 Å². The minimum absolute atomic E-state index is 0.143. The van der Waals surface area contributed by atoms with Gasteiger partial charge in [-0.1, -0.05) is 6.92 Å². The molecule has 2 heterocycles. The Morgan fingerprint density at radius 2 is 1.95 bits per heavy atom. The molecule has 5 heteroatoms. The van der Waals surface area contributed by atoms with Crippen molar-refractivity contribution in [1.82, 2.24) is 9.80 Å². The van der Waals surface area contributed by atoms with E-state index < -0.39 is 0 Å². The summed E-state index contributed by atoms with van der Waals surface area (Å²) in [7, 11) is 1.73. The van der Waals surface area contributed by atoms with E-state index in [-0.39, 0.29) is 29.5 Å². The van der Waals surface area contributed by atoms with Crippen molar-refractivity contribution in [3.8, 4) is 0 Å². The molecule has 2 amide bonds. The van der Waals surface area contributed by atoms with Crippen LogP contribution in [0.25, 0.3) is 0 Å². The van der Waals surface area contributed by atoms with Gasteiger partial charge in [-0.15, -0.1) is 0 Å². The van der Waals surface area contributed by atoms with Crippen LogP contribution in [0.1, 0.15) is 51.9 Å². The summed E-state index contributed by atoms with van der Waals surface area (Å²) in [6.45, 7) is 3.32. The van der Waals surface area contributed by atoms with E-state index in [2.05, 4.69) is 0 Å². The average Bonchev–Trinajstić information content (AvgIpc) is 2.48. The Morgan fingerprint density at radius 3 is 2.52 bits per heavy atom. The van der Waals surface area contributed by atoms with Gasteiger partial charge >= 0.3 is 0 Å². The number of ether oxygens (including phenoxy) is 1. The molecular weight excluding hydrogens is 268 g/mol. The molecule has 3 rings (SSSR count). The molecule has 0 radical (unpaired) electrons. The second-order valence-electron chi connectivity index (χ2n) is 6.67. The quantitative estimate of drug-likeness (QED) is 0.790. The highest BCUT2D eigenvalue weighted by Crippen LogP contribution is 2.38. The second-order valence-corrected chi connectivity index (χ2v) is 6.67. The number of nitrogens with zero attached hydrogens (tertiary/aromatic N) is 2. The lowest BCUT2D eigenvalue weighted by Gasteiger charge is -2.51. The molecule has 0 bridgehead atoms. The van der Waals surface area contributed by atoms with Crippen LogP contribution in [0.5, 0.6) is 0 Å². The molecule has 2 unspecified atom stereocenters. The first kappa shape index (κ1) is 14.8. The summed E-state index contributed by atoms with van der Waals surface area (Å²) < 4.78 is 5.67. The number of carbonyl (C=O) groups is 2. The maximum atomic E-state index is 12.9. The number of methoxy groups -OCH3 is 1. The molecule has 3 fully saturated rings. The number of amides is 2. The number of carbonyl (C=O) groups excluding carboxylic acids is 2. The van der Waals surface area contributed by atoms with Crippen LogP contribution < -0.4 is 0 Å². The maximum absolute atomic E-state index is 12.9. The molecule has 2 saturated heterocycles. The van der Waals surface area contributed by atoms with E-state index in [0.29, 0.717) is 13.0 Å². The summed E-state index contributed by atoms with van der Waals surface area (Å²) in [6.07, 6.45) is 6.70. The van der Waals surface area contributed by atoms with E-state index in [1.54, 1.807) is 7.11 Å². The van der Waals surface area contributed by atoms with Crippen molar-refractivity contribution in [1.29, 1.82) is 0 Å². The smallest absolute Gasteiger partial charge is 0.246 e. The first-order chi connectivity index (χ1) is 10.1. The van der Waals surface area contributed by atoms with Gasteiger partial charge < -0.3 is 14.5 Å². The molecule has 2 atom stereocenters. The molecule has 2 aliphatic heterocycles. The summed E-state index contributed by atoms with van der Waals surface area (Å²) in [5.74, 6) is 0.289. The summed E-state index contributed by atoms with van der Waals surface area (Å²) in [5, 5.41) is 0. The monoisotopic (exact) mass is 294 g/mol. The van der Waals surface area contributed by atoms with Crippen LogP contribution in [0.3, 0.4) is 0 Å². The van der Waals surface area contributed by atoms with E-state index in [1.165, 1.54) is 0 Å². The van der Waals surface area contributed by atoms with Gasteiger partial charge in [0.1, 0.15) is 12.1 Å². The second kappa shape index (κ2) is 5.59. The number of piperidine rings is 1. The van der Waals surface area contributed by atoms with Crippen LogP contribution in [0.4, 0.5) is 0 Å². The van der Waals surface area contributed by atoms with E-state index >= 15 is 0 Å². The Morgan fingerprint density at radius 1 is 1.19 bits per heavy atom. The first-order valence-electron chi connectivity index (χ1n) is 8.28. The van der Waals surface area contributed by atoms with Gasteiger partial charge in [0, 0.05) is 13.7 Å². The number of fused-ring (bicyclic) bond motifs is 1. The van der Waals surface area contributed by atoms with Crippen LogP contribution in [-0.2, 0) is 14.3 Å². The Labute approximate surface area is 126 Å². The zero-order valence-electron chi connectivity index (χ0n) is 13.1. The van der Waals surface area contributed by atoms with Gasteiger partial charge in [0.2, 0.25) is 11.8 Å². The van der Waals surface area contributed by atoms with E-state index in [1.807, 2.05) is 16.7 Å². The lowest BCUT2D eigenvalue weighted by Crippen LogP contribution is -2.68. The molecule has 0 N–H and O–H groups in total. The number of rotatable bonds is 4. The Kier molecular flexibility index (Phi) is 3.95. The van der Waals surface area contributed by atoms with Crippen molar-refractivity contribution < 1.29 is 14.3 Å². The predicted molar refractivity (Wildman–Crippen MR) is 78.7 cm³/mol. The molecule has 0 aromatic rings. The normalized spacial score (nSPS) is 31.9. The van der Waals surface area contributed by atoms with Gasteiger partial charge in [0.05, 0.1) is 12.1 Å². The minimum Gasteiger partial charge on any atom is -0.376 e. The van der Waals surface area contributed by atoms with E-state index in [0.717, 1.165) is 45.1 Å². The third-order valence-electron chi connectivity index (χ3n) is 5.56. The fourth-order valence-corrected chi connectivity index (χ4v) is 4.01. The topological polar surface area (TPSA) is 49.9 Å². The molecule has 3 aliphatic rings. The largest absolute Gasteiger partial charge is 0.376 e. The minimum atomic E-state index is -0.292. The van der Waals surface area contributed by atoms with Crippen molar-refractivity contribution in [2.24, 2.45) is 0 Å². The molecule has 0 spiro atoms. The van der Waals surface area contributed by atoms with Gasteiger partial charge in [-0.25, -0.2) is 0 Å². The number of piperazine rings is 1. The highest BCUT2D eigenvalue weighted by atomic mass is 16.5. The van der Waals surface area contributed by atoms with Gasteiger partial charge in [0.25, 0.3) is 0 Å². The molecule has 118 valence electrons. The standard InChI is InChI=1S/C16H26N2O3/c1-3-12-14(19)17-10-5-4-7-13(17)15(20)18(12)11-16(21-2)8-6-9-16/h12-13H,3-11H2,1-2H3. The third kappa shape index (κ3) is 2.35. The van der Waals surface area contributed by atoms with Crippen LogP contribution >= 0.6 is 0 Å². The summed E-state index contributed by atoms with van der Waals surface area (Å²) in [5.41, 5.74) is -0.208. The zero-order valence-corrected chi connectivity index (χ0v) is 13.1. The molecule has 0 aromatic carbocycles. The van der Waals surface area contributed by atoms with Crippen LogP contribution in [0.15, 0.2) is 0 Å². The van der Waals surface area contributed by atoms with Gasteiger partial charge in [-0.2, -0.15) is 0 Å². The van der Waals surface area contributed by atoms with E-state index in [4.69, 9.17) is 4.74 Å². The highest BCUT2D eigenvalue weighted by molar-refractivity contribution is 5.97. The number of hydrogen-bond donors (Lipinski definition) is 0. The zero-order chi connectivity index (χ0) is 15.0. The average molecular weight is 294 g/mol. The SMILES string of the molecule is CCC1C(=O)N2CCCCC2C(=O)N1CC1(OC)CCC1. The summed E-state index contributed by atoms with van der Waals surface area (Å²) >= 11 is 0. The fourth-order valence-electron chi connectivity index (χ4n) is 4.01. The molecular formula is C16H26N2O3. The lowest BCUT2D eigenvalue weighted by atomic mass is 9.78. The molecule has 1 saturated carbocycles. The lowest BCUT2D eigenvalue weighted by molar-refractivity contribution is -0.172. The fraction of sp³-hybridized carbons (Fsp3) is 0.875. The Hall–Kier alpha value is -1.10. The molecule has 1 aliphatic carbocycles. The molecule has 0 aromatic heterocycles. The molecule has 21 heavy (non-hydrogen) atoms. The van der Waals surface area contributed by atoms with Gasteiger partial charge in [-0.05, 0) is 44.9 Å². The first-order valence-corrected chi connectivity index (χ1v) is 8.28.